The van der Waals surface area contributed by atoms with Crippen LogP contribution in [0, 0.1) is 6.92 Å². The molecule has 0 amide bonds. The second-order valence-corrected chi connectivity index (χ2v) is 8.06. The van der Waals surface area contributed by atoms with Crippen LogP contribution in [-0.2, 0) is 0 Å². The summed E-state index contributed by atoms with van der Waals surface area (Å²) in [6.07, 6.45) is 0.729. The summed E-state index contributed by atoms with van der Waals surface area (Å²) in [6, 6.07) is 15.9. The van der Waals surface area contributed by atoms with Crippen LogP contribution in [0.15, 0.2) is 53.6 Å². The maximum atomic E-state index is 12.0. The predicted molar refractivity (Wildman–Crippen MR) is 119 cm³/mol. The molecule has 0 aliphatic carbocycles. The van der Waals surface area contributed by atoms with Gasteiger partial charge in [-0.25, -0.2) is 9.99 Å². The lowest BCUT2D eigenvalue weighted by Crippen LogP contribution is -2.18. The van der Waals surface area contributed by atoms with E-state index in [0.29, 0.717) is 4.88 Å². The number of anilines is 1. The summed E-state index contributed by atoms with van der Waals surface area (Å²) in [5.74, 6) is 1.64. The molecule has 2 heterocycles. The molecule has 6 nitrogen and oxygen atoms in total. The Kier molecular flexibility index (Phi) is 5.55. The van der Waals surface area contributed by atoms with E-state index < -0.39 is 0 Å². The van der Waals surface area contributed by atoms with Crippen molar-refractivity contribution in [3.63, 3.8) is 0 Å². The molecule has 1 aromatic heterocycles. The molecule has 4 rings (SSSR count). The van der Waals surface area contributed by atoms with Gasteiger partial charge in [-0.1, -0.05) is 23.5 Å². The number of nitrogens with zero attached hydrogens (tertiary/aromatic N) is 3. The number of thiazole rings is 1. The maximum absolute atomic E-state index is 12.0. The molecule has 0 saturated carbocycles. The molecule has 30 heavy (non-hydrogen) atoms. The van der Waals surface area contributed by atoms with Crippen molar-refractivity contribution in [1.82, 2.24) is 4.98 Å². The average molecular weight is 422 g/mol. The first-order chi connectivity index (χ1) is 14.5. The molecule has 3 aromatic rings. The molecule has 154 valence electrons. The van der Waals surface area contributed by atoms with Crippen molar-refractivity contribution in [2.24, 2.45) is 5.10 Å². The summed E-state index contributed by atoms with van der Waals surface area (Å²) >= 11 is 1.39. The highest BCUT2D eigenvalue weighted by atomic mass is 32.1. The number of hydrazone groups is 1. The molecule has 0 bridgehead atoms. The van der Waals surface area contributed by atoms with E-state index in [1.165, 1.54) is 11.3 Å². The zero-order chi connectivity index (χ0) is 21.3. The summed E-state index contributed by atoms with van der Waals surface area (Å²) < 4.78 is 10.6. The number of ketones is 1. The zero-order valence-electron chi connectivity index (χ0n) is 17.4. The minimum Gasteiger partial charge on any atom is -0.497 e. The number of Topliss-reactive ketones (excluding diaryl/α,β-unsaturated/α-hetero) is 1. The molecular weight excluding hydrogens is 398 g/mol. The van der Waals surface area contributed by atoms with Crippen LogP contribution >= 0.6 is 11.3 Å². The van der Waals surface area contributed by atoms with E-state index in [0.717, 1.165) is 45.6 Å². The average Bonchev–Trinajstić information content (AvgIpc) is 3.38. The summed E-state index contributed by atoms with van der Waals surface area (Å²) in [5.41, 5.74) is 3.86. The van der Waals surface area contributed by atoms with Crippen LogP contribution in [0.5, 0.6) is 11.5 Å². The van der Waals surface area contributed by atoms with Gasteiger partial charge in [0.2, 0.25) is 5.13 Å². The fourth-order valence-corrected chi connectivity index (χ4v) is 4.50. The van der Waals surface area contributed by atoms with E-state index >= 15 is 0 Å². The van der Waals surface area contributed by atoms with Crippen LogP contribution in [0.1, 0.15) is 45.9 Å². The lowest BCUT2D eigenvalue weighted by Gasteiger charge is -2.21. The minimum atomic E-state index is -0.0154. The van der Waals surface area contributed by atoms with Crippen molar-refractivity contribution in [2.45, 2.75) is 26.3 Å². The van der Waals surface area contributed by atoms with Crippen molar-refractivity contribution < 1.29 is 14.3 Å². The smallest absolute Gasteiger partial charge is 0.207 e. The minimum absolute atomic E-state index is 0.0154. The molecule has 0 saturated heterocycles. The van der Waals surface area contributed by atoms with Gasteiger partial charge >= 0.3 is 0 Å². The first-order valence-electron chi connectivity index (χ1n) is 9.63. The van der Waals surface area contributed by atoms with Gasteiger partial charge in [-0.2, -0.15) is 5.10 Å². The van der Waals surface area contributed by atoms with Crippen molar-refractivity contribution in [1.29, 1.82) is 0 Å². The summed E-state index contributed by atoms with van der Waals surface area (Å²) in [4.78, 5) is 17.3. The standard InChI is InChI=1S/C23H23N3O3S/c1-14-22(15(2)27)30-23(24-14)26-21(17-7-11-19(29-4)12-8-17)13-20(25-26)16-5-9-18(28-3)10-6-16/h5-12,21H,13H2,1-4H3/t21-/m1/s1. The maximum Gasteiger partial charge on any atom is 0.207 e. The lowest BCUT2D eigenvalue weighted by atomic mass is 9.98. The van der Waals surface area contributed by atoms with Gasteiger partial charge in [-0.05, 0) is 54.4 Å². The number of rotatable bonds is 6. The Balaban J connectivity index is 1.74. The Hall–Kier alpha value is -3.19. The molecular formula is C23H23N3O3S. The molecule has 0 N–H and O–H groups in total. The number of hydrogen-bond acceptors (Lipinski definition) is 7. The van der Waals surface area contributed by atoms with Crippen molar-refractivity contribution in [2.75, 3.05) is 19.2 Å². The van der Waals surface area contributed by atoms with Gasteiger partial charge in [0.05, 0.1) is 36.5 Å². The number of aromatic nitrogens is 1. The van der Waals surface area contributed by atoms with Crippen molar-refractivity contribution >= 4 is 28.0 Å². The van der Waals surface area contributed by atoms with Crippen LogP contribution in [0.3, 0.4) is 0 Å². The number of ether oxygens (including phenoxy) is 2. The number of methoxy groups -OCH3 is 2. The van der Waals surface area contributed by atoms with Gasteiger partial charge in [-0.3, -0.25) is 4.79 Å². The van der Waals surface area contributed by atoms with E-state index in [9.17, 15) is 4.79 Å². The van der Waals surface area contributed by atoms with Gasteiger partial charge < -0.3 is 9.47 Å². The fourth-order valence-electron chi connectivity index (χ4n) is 3.54. The third kappa shape index (κ3) is 3.80. The Morgan fingerprint density at radius 2 is 1.63 bits per heavy atom. The van der Waals surface area contributed by atoms with Gasteiger partial charge in [0.25, 0.3) is 0 Å². The molecule has 1 atom stereocenters. The van der Waals surface area contributed by atoms with Gasteiger partial charge in [0.15, 0.2) is 5.78 Å². The van der Waals surface area contributed by atoms with E-state index in [1.54, 1.807) is 21.1 Å². The summed E-state index contributed by atoms with van der Waals surface area (Å²) in [6.45, 7) is 3.44. The van der Waals surface area contributed by atoms with Crippen LogP contribution in [0.2, 0.25) is 0 Å². The first kappa shape index (κ1) is 20.1. The van der Waals surface area contributed by atoms with Crippen LogP contribution in [0.25, 0.3) is 0 Å². The Labute approximate surface area is 179 Å². The highest BCUT2D eigenvalue weighted by Crippen LogP contribution is 2.40. The third-order valence-corrected chi connectivity index (χ3v) is 6.38. The fraction of sp³-hybridized carbons (Fsp3) is 0.261. The van der Waals surface area contributed by atoms with E-state index in [2.05, 4.69) is 17.1 Å². The molecule has 0 radical (unpaired) electrons. The highest BCUT2D eigenvalue weighted by Gasteiger charge is 2.32. The third-order valence-electron chi connectivity index (χ3n) is 5.14. The van der Waals surface area contributed by atoms with Crippen LogP contribution in [-0.4, -0.2) is 30.7 Å². The molecule has 2 aromatic carbocycles. The number of hydrogen-bond donors (Lipinski definition) is 0. The van der Waals surface area contributed by atoms with Gasteiger partial charge in [-0.15, -0.1) is 0 Å². The molecule has 7 heteroatoms. The second kappa shape index (κ2) is 8.28. The largest absolute Gasteiger partial charge is 0.497 e. The molecule has 1 aliphatic rings. The van der Waals surface area contributed by atoms with Gasteiger partial charge in [0.1, 0.15) is 11.5 Å². The van der Waals surface area contributed by atoms with Crippen LogP contribution < -0.4 is 14.5 Å². The predicted octanol–water partition coefficient (Wildman–Crippen LogP) is 5.03. The Morgan fingerprint density at radius 1 is 1.03 bits per heavy atom. The lowest BCUT2D eigenvalue weighted by molar-refractivity contribution is 0.102. The van der Waals surface area contributed by atoms with E-state index in [4.69, 9.17) is 14.6 Å². The quantitative estimate of drug-likeness (QED) is 0.523. The van der Waals surface area contributed by atoms with Crippen LogP contribution in [0.4, 0.5) is 5.13 Å². The molecule has 1 aliphatic heterocycles. The first-order valence-corrected chi connectivity index (χ1v) is 10.4. The highest BCUT2D eigenvalue weighted by molar-refractivity contribution is 7.17. The SMILES string of the molecule is COc1ccc(C2=NN(c3nc(C)c(C(C)=O)s3)[C@@H](c3ccc(OC)cc3)C2)cc1. The Morgan fingerprint density at radius 3 is 2.17 bits per heavy atom. The normalized spacial score (nSPS) is 15.8. The molecule has 0 fully saturated rings. The van der Waals surface area contributed by atoms with Gasteiger partial charge in [0, 0.05) is 13.3 Å². The summed E-state index contributed by atoms with van der Waals surface area (Å²) in [7, 11) is 3.31. The number of benzene rings is 2. The number of carbonyl (C=O) groups excluding carboxylic acids is 1. The van der Waals surface area contributed by atoms with E-state index in [1.807, 2.05) is 48.3 Å². The molecule has 0 unspecified atom stereocenters. The molecule has 0 spiro atoms. The van der Waals surface area contributed by atoms with Crippen molar-refractivity contribution in [3.8, 4) is 11.5 Å². The topological polar surface area (TPSA) is 64.0 Å². The zero-order valence-corrected chi connectivity index (χ0v) is 18.2. The number of aryl methyl sites for hydroxylation is 1. The monoisotopic (exact) mass is 421 g/mol. The number of carbonyl (C=O) groups is 1. The Bertz CT molecular complexity index is 1090. The second-order valence-electron chi connectivity index (χ2n) is 7.08. The van der Waals surface area contributed by atoms with Crippen molar-refractivity contribution in [3.05, 3.63) is 70.2 Å². The van der Waals surface area contributed by atoms with E-state index in [-0.39, 0.29) is 11.8 Å². The summed E-state index contributed by atoms with van der Waals surface area (Å²) in [5, 5.41) is 7.57.